The van der Waals surface area contributed by atoms with Gasteiger partial charge in [0.2, 0.25) is 0 Å². The molecule has 0 radical (unpaired) electrons. The molecule has 114 valence electrons. The van der Waals surface area contributed by atoms with Gasteiger partial charge in [0.15, 0.2) is 0 Å². The number of fused-ring (bicyclic) bond motifs is 4. The van der Waals surface area contributed by atoms with Crippen LogP contribution in [0.4, 0.5) is 4.79 Å². The Hall–Kier alpha value is -1.18. The Morgan fingerprint density at radius 2 is 2.23 bits per heavy atom. The van der Waals surface area contributed by atoms with E-state index < -0.39 is 28.4 Å². The maximum atomic E-state index is 12.0. The topological polar surface area (TPSA) is 146 Å². The first-order valence-corrected chi connectivity index (χ1v) is 7.17. The van der Waals surface area contributed by atoms with Crippen molar-refractivity contribution in [2.75, 3.05) is 6.54 Å². The quantitative estimate of drug-likeness (QED) is 0.442. The maximum absolute atomic E-state index is 12.0. The van der Waals surface area contributed by atoms with Crippen LogP contribution in [-0.4, -0.2) is 51.2 Å². The summed E-state index contributed by atoms with van der Waals surface area (Å²) in [6.45, 7) is 0.0361. The molecule has 2 aliphatic rings. The summed E-state index contributed by atoms with van der Waals surface area (Å²) in [6.07, 6.45) is 1.39. The standard InChI is InChI=1S/C9H11N5O6S.Na/c10-8(15)4-13-6-2-12-3-7(5(6)1-11-13)14(9(12)16)20-21(17,18)19;/h1,7H,2-4H2,(H3,10,15,17,18,19);/q;+1/p-1. The molecule has 0 aromatic carbocycles. The first-order chi connectivity index (χ1) is 9.76. The van der Waals surface area contributed by atoms with Gasteiger partial charge in [-0.15, -0.1) is 4.28 Å². The second kappa shape index (κ2) is 5.79. The largest absolute Gasteiger partial charge is 1.00 e. The predicted octanol–water partition coefficient (Wildman–Crippen LogP) is -3.51. The molecule has 2 aliphatic heterocycles. The number of carbonyl (C=O) groups is 2. The third-order valence-electron chi connectivity index (χ3n) is 3.28. The van der Waals surface area contributed by atoms with Crippen molar-refractivity contribution in [3.63, 3.8) is 0 Å². The fourth-order valence-electron chi connectivity index (χ4n) is 2.51. The minimum Gasteiger partial charge on any atom is -0.666 e. The van der Waals surface area contributed by atoms with E-state index in [4.69, 9.17) is 10.3 Å². The van der Waals surface area contributed by atoms with Crippen molar-refractivity contribution >= 4 is 22.3 Å². The Labute approximate surface area is 147 Å². The van der Waals surface area contributed by atoms with Gasteiger partial charge in [0.1, 0.15) is 6.04 Å². The summed E-state index contributed by atoms with van der Waals surface area (Å²) in [4.78, 5) is 24.1. The molecule has 0 aliphatic carbocycles. The molecule has 3 heterocycles. The van der Waals surface area contributed by atoms with Crippen molar-refractivity contribution in [3.8, 4) is 0 Å². The molecule has 11 nitrogen and oxygen atoms in total. The SMILES string of the molecule is [NH-]C(=O)Cn1ncc2c1CN1CC2N(OS(=O)(=O)O)C1=O.[Na+]. The van der Waals surface area contributed by atoms with Crippen molar-refractivity contribution < 1.29 is 56.4 Å². The number of hydroxylamine groups is 2. The molecule has 13 heteroatoms. The number of rotatable bonds is 4. The third-order valence-corrected chi connectivity index (χ3v) is 3.63. The number of urea groups is 1. The molecular weight excluding hydrogens is 329 g/mol. The zero-order chi connectivity index (χ0) is 15.4. The number of hydrogen-bond acceptors (Lipinski definition) is 6. The van der Waals surface area contributed by atoms with Gasteiger partial charge in [-0.2, -0.15) is 18.6 Å². The Kier molecular flexibility index (Phi) is 4.52. The summed E-state index contributed by atoms with van der Waals surface area (Å²) in [5.41, 5.74) is 8.00. The Morgan fingerprint density at radius 3 is 2.82 bits per heavy atom. The summed E-state index contributed by atoms with van der Waals surface area (Å²) in [5.74, 6) is -0.841. The van der Waals surface area contributed by atoms with E-state index in [0.717, 1.165) is 0 Å². The van der Waals surface area contributed by atoms with Crippen LogP contribution in [0.1, 0.15) is 17.3 Å². The van der Waals surface area contributed by atoms with Crippen molar-refractivity contribution in [2.45, 2.75) is 19.1 Å². The van der Waals surface area contributed by atoms with Gasteiger partial charge in [0.25, 0.3) is 0 Å². The van der Waals surface area contributed by atoms with Gasteiger partial charge in [0.05, 0.1) is 37.4 Å². The normalized spacial score (nSPS) is 19.9. The average Bonchev–Trinajstić information content (AvgIpc) is 2.84. The zero-order valence-electron chi connectivity index (χ0n) is 11.5. The van der Waals surface area contributed by atoms with Crippen LogP contribution in [0.3, 0.4) is 0 Å². The zero-order valence-corrected chi connectivity index (χ0v) is 14.3. The third kappa shape index (κ3) is 2.98. The molecule has 2 bridgehead atoms. The van der Waals surface area contributed by atoms with Crippen LogP contribution in [0, 0.1) is 0 Å². The molecule has 1 aromatic rings. The van der Waals surface area contributed by atoms with E-state index in [2.05, 4.69) is 9.38 Å². The van der Waals surface area contributed by atoms with E-state index in [1.165, 1.54) is 15.8 Å². The smallest absolute Gasteiger partial charge is 0.666 e. The van der Waals surface area contributed by atoms with Gasteiger partial charge in [0, 0.05) is 5.56 Å². The summed E-state index contributed by atoms with van der Waals surface area (Å²) in [7, 11) is -4.83. The molecule has 3 rings (SSSR count). The molecule has 1 atom stereocenters. The van der Waals surface area contributed by atoms with Gasteiger partial charge in [-0.1, -0.05) is 0 Å². The van der Waals surface area contributed by atoms with Crippen LogP contribution in [0.25, 0.3) is 5.73 Å². The Bertz CT molecular complexity index is 733. The van der Waals surface area contributed by atoms with Crippen LogP contribution in [-0.2, 0) is 32.6 Å². The number of aromatic nitrogens is 2. The van der Waals surface area contributed by atoms with Gasteiger partial charge in [-0.3, -0.25) is 9.23 Å². The van der Waals surface area contributed by atoms with Gasteiger partial charge < -0.3 is 15.4 Å². The number of amides is 3. The summed E-state index contributed by atoms with van der Waals surface area (Å²) < 4.78 is 36.0. The minimum absolute atomic E-state index is 0. The van der Waals surface area contributed by atoms with Crippen LogP contribution in [0.2, 0.25) is 0 Å². The van der Waals surface area contributed by atoms with Gasteiger partial charge in [-0.05, 0) is 0 Å². The molecule has 22 heavy (non-hydrogen) atoms. The summed E-state index contributed by atoms with van der Waals surface area (Å²) in [6, 6.07) is -1.46. The number of nitrogens with one attached hydrogen (secondary N) is 1. The van der Waals surface area contributed by atoms with Crippen LogP contribution >= 0.6 is 0 Å². The molecule has 1 fully saturated rings. The fourth-order valence-corrected chi connectivity index (χ4v) is 2.88. The Balaban J connectivity index is 0.00000176. The molecule has 1 unspecified atom stereocenters. The van der Waals surface area contributed by atoms with E-state index in [0.29, 0.717) is 16.3 Å². The molecule has 1 aromatic heterocycles. The summed E-state index contributed by atoms with van der Waals surface area (Å²) in [5, 5.41) is 4.52. The molecule has 1 saturated heterocycles. The maximum Gasteiger partial charge on any atom is 1.00 e. The first kappa shape index (κ1) is 17.2. The first-order valence-electron chi connectivity index (χ1n) is 5.80. The van der Waals surface area contributed by atoms with Gasteiger partial charge in [-0.25, -0.2) is 4.79 Å². The fraction of sp³-hybridized carbons (Fsp3) is 0.444. The second-order valence-electron chi connectivity index (χ2n) is 4.63. The van der Waals surface area contributed by atoms with Crippen molar-refractivity contribution in [2.24, 2.45) is 0 Å². The van der Waals surface area contributed by atoms with E-state index in [-0.39, 0.29) is 49.2 Å². The number of carbonyl (C=O) groups excluding carboxylic acids is 2. The average molecular weight is 339 g/mol. The van der Waals surface area contributed by atoms with E-state index >= 15 is 0 Å². The van der Waals surface area contributed by atoms with Gasteiger partial charge >= 0.3 is 46.0 Å². The van der Waals surface area contributed by atoms with E-state index in [9.17, 15) is 18.0 Å². The van der Waals surface area contributed by atoms with E-state index in [1.807, 2.05) is 0 Å². The number of hydrogen-bond donors (Lipinski definition) is 1. The van der Waals surface area contributed by atoms with Crippen LogP contribution in [0.5, 0.6) is 0 Å². The second-order valence-corrected chi connectivity index (χ2v) is 5.64. The molecular formula is C9H10N5NaO6S. The molecule has 3 amide bonds. The molecule has 0 spiro atoms. The van der Waals surface area contributed by atoms with Crippen molar-refractivity contribution in [1.29, 1.82) is 0 Å². The minimum atomic E-state index is -4.83. The Morgan fingerprint density at radius 1 is 1.55 bits per heavy atom. The molecule has 2 N–H and O–H groups in total. The van der Waals surface area contributed by atoms with Crippen molar-refractivity contribution in [3.05, 3.63) is 23.2 Å². The predicted molar refractivity (Wildman–Crippen MR) is 64.6 cm³/mol. The van der Waals surface area contributed by atoms with E-state index in [1.54, 1.807) is 0 Å². The summed E-state index contributed by atoms with van der Waals surface area (Å²) >= 11 is 0. The van der Waals surface area contributed by atoms with Crippen LogP contribution in [0.15, 0.2) is 6.20 Å². The molecule has 0 saturated carbocycles. The van der Waals surface area contributed by atoms with Crippen molar-refractivity contribution in [1.82, 2.24) is 19.7 Å². The monoisotopic (exact) mass is 339 g/mol. The van der Waals surface area contributed by atoms with Crippen LogP contribution < -0.4 is 29.6 Å². The number of nitrogens with zero attached hydrogens (tertiary/aromatic N) is 4.